The van der Waals surface area contributed by atoms with Crippen molar-refractivity contribution < 1.29 is 24.2 Å². The number of hydrogen-bond acceptors (Lipinski definition) is 5. The van der Waals surface area contributed by atoms with E-state index in [4.69, 9.17) is 4.74 Å². The molecule has 1 rings (SSSR count). The number of carbonyl (C=O) groups excluding carboxylic acids is 2. The molecule has 0 spiro atoms. The fourth-order valence-corrected chi connectivity index (χ4v) is 4.46. The predicted octanol–water partition coefficient (Wildman–Crippen LogP) is 3.61. The van der Waals surface area contributed by atoms with E-state index in [-0.39, 0.29) is 23.3 Å². The van der Waals surface area contributed by atoms with Gasteiger partial charge in [0.05, 0.1) is 19.2 Å². The van der Waals surface area contributed by atoms with Crippen LogP contribution in [0.3, 0.4) is 0 Å². The highest BCUT2D eigenvalue weighted by molar-refractivity contribution is 5.91. The number of likely N-dealkylation sites (N-methyl/N-ethyl adjacent to an activating group) is 2. The number of carboxylic acids is 1. The lowest BCUT2D eigenvalue weighted by Crippen LogP contribution is -2.61. The second-order valence-electron chi connectivity index (χ2n) is 11.3. The molecule has 36 heavy (non-hydrogen) atoms. The molecule has 0 aliphatic heterocycles. The molecule has 0 bridgehead atoms. The number of carbonyl (C=O) groups is 3. The normalized spacial score (nSPS) is 15.2. The van der Waals surface area contributed by atoms with Crippen LogP contribution in [0.5, 0.6) is 5.75 Å². The van der Waals surface area contributed by atoms with Crippen molar-refractivity contribution in [2.24, 2.45) is 11.3 Å². The lowest BCUT2D eigenvalue weighted by molar-refractivity contribution is -0.141. The zero-order chi connectivity index (χ0) is 28.0. The van der Waals surface area contributed by atoms with Gasteiger partial charge in [0.15, 0.2) is 0 Å². The zero-order valence-corrected chi connectivity index (χ0v) is 23.7. The SMILES string of the molecule is CN[C@H](C(=O)N[C@H](C(=O)N(C)[C@H](/C=C(\C)C(=O)O)C(C)C)C(C)(C)C)C(C)(C)c1ccccc1OC. The maximum Gasteiger partial charge on any atom is 0.331 e. The van der Waals surface area contributed by atoms with Gasteiger partial charge in [0.1, 0.15) is 11.8 Å². The average Bonchev–Trinajstić information content (AvgIpc) is 2.79. The van der Waals surface area contributed by atoms with E-state index < -0.39 is 34.9 Å². The molecule has 0 radical (unpaired) electrons. The highest BCUT2D eigenvalue weighted by Gasteiger charge is 2.42. The molecule has 0 unspecified atom stereocenters. The van der Waals surface area contributed by atoms with Crippen LogP contribution in [-0.4, -0.2) is 67.1 Å². The Kier molecular flexibility index (Phi) is 10.7. The van der Waals surface area contributed by atoms with E-state index in [9.17, 15) is 19.5 Å². The zero-order valence-electron chi connectivity index (χ0n) is 23.7. The molecule has 0 aliphatic rings. The third-order valence-electron chi connectivity index (χ3n) is 6.71. The van der Waals surface area contributed by atoms with E-state index in [2.05, 4.69) is 10.6 Å². The minimum absolute atomic E-state index is 0.0286. The molecule has 3 N–H and O–H groups in total. The second kappa shape index (κ2) is 12.4. The van der Waals surface area contributed by atoms with Crippen LogP contribution in [-0.2, 0) is 19.8 Å². The number of benzene rings is 1. The third kappa shape index (κ3) is 7.32. The second-order valence-corrected chi connectivity index (χ2v) is 11.3. The van der Waals surface area contributed by atoms with Crippen LogP contribution in [0.25, 0.3) is 0 Å². The van der Waals surface area contributed by atoms with Crippen LogP contribution in [0.4, 0.5) is 0 Å². The van der Waals surface area contributed by atoms with Gasteiger partial charge in [-0.3, -0.25) is 9.59 Å². The summed E-state index contributed by atoms with van der Waals surface area (Å²) in [6, 6.07) is 5.63. The van der Waals surface area contributed by atoms with Crippen molar-refractivity contribution in [1.29, 1.82) is 0 Å². The van der Waals surface area contributed by atoms with Crippen molar-refractivity contribution in [3.8, 4) is 5.75 Å². The molecule has 0 saturated carbocycles. The minimum atomic E-state index is -1.03. The number of methoxy groups -OCH3 is 1. The van der Waals surface area contributed by atoms with Crippen LogP contribution in [0, 0.1) is 11.3 Å². The van der Waals surface area contributed by atoms with Crippen molar-refractivity contribution in [2.75, 3.05) is 21.2 Å². The number of nitrogens with zero attached hydrogens (tertiary/aromatic N) is 1. The van der Waals surface area contributed by atoms with Gasteiger partial charge >= 0.3 is 5.97 Å². The first kappa shape index (κ1) is 31.2. The summed E-state index contributed by atoms with van der Waals surface area (Å²) in [7, 11) is 4.97. The van der Waals surface area contributed by atoms with Gasteiger partial charge in [-0.2, -0.15) is 0 Å². The van der Waals surface area contributed by atoms with Crippen molar-refractivity contribution in [2.45, 2.75) is 78.9 Å². The number of aliphatic carboxylic acids is 1. The fourth-order valence-electron chi connectivity index (χ4n) is 4.46. The Hall–Kier alpha value is -2.87. The Morgan fingerprint density at radius 1 is 1.06 bits per heavy atom. The number of para-hydroxylation sites is 1. The lowest BCUT2D eigenvalue weighted by atomic mass is 9.76. The number of hydrogen-bond donors (Lipinski definition) is 3. The van der Waals surface area contributed by atoms with Gasteiger partial charge in [0.25, 0.3) is 0 Å². The Bertz CT molecular complexity index is 962. The molecule has 1 aromatic rings. The molecule has 0 aromatic heterocycles. The molecule has 0 aliphatic carbocycles. The van der Waals surface area contributed by atoms with Gasteiger partial charge in [0, 0.05) is 23.6 Å². The summed E-state index contributed by atoms with van der Waals surface area (Å²) in [5, 5.41) is 15.5. The van der Waals surface area contributed by atoms with Crippen molar-refractivity contribution in [1.82, 2.24) is 15.5 Å². The van der Waals surface area contributed by atoms with E-state index in [0.29, 0.717) is 5.75 Å². The number of ether oxygens (including phenoxy) is 1. The summed E-state index contributed by atoms with van der Waals surface area (Å²) in [6.45, 7) is 15.0. The monoisotopic (exact) mass is 503 g/mol. The molecule has 3 atom stereocenters. The van der Waals surface area contributed by atoms with E-state index in [0.717, 1.165) is 5.56 Å². The molecule has 8 nitrogen and oxygen atoms in total. The van der Waals surface area contributed by atoms with Gasteiger partial charge in [-0.1, -0.05) is 72.7 Å². The van der Waals surface area contributed by atoms with Crippen molar-refractivity contribution >= 4 is 17.8 Å². The minimum Gasteiger partial charge on any atom is -0.496 e. The Labute approximate surface area is 216 Å². The molecule has 0 saturated heterocycles. The Morgan fingerprint density at radius 2 is 1.61 bits per heavy atom. The maximum atomic E-state index is 13.7. The quantitative estimate of drug-likeness (QED) is 0.398. The summed E-state index contributed by atoms with van der Waals surface area (Å²) in [6.07, 6.45) is 1.59. The van der Waals surface area contributed by atoms with Crippen LogP contribution in [0.2, 0.25) is 0 Å². The molecule has 1 aromatic carbocycles. The van der Waals surface area contributed by atoms with Crippen LogP contribution in [0.15, 0.2) is 35.9 Å². The molecule has 0 heterocycles. The average molecular weight is 504 g/mol. The summed E-state index contributed by atoms with van der Waals surface area (Å²) in [4.78, 5) is 40.4. The number of carboxylic acid groups (broad SMARTS) is 1. The molecule has 2 amide bonds. The molecule has 202 valence electrons. The van der Waals surface area contributed by atoms with Gasteiger partial charge in [0.2, 0.25) is 11.8 Å². The largest absolute Gasteiger partial charge is 0.496 e. The summed E-state index contributed by atoms with van der Waals surface area (Å²) in [5.74, 6) is -0.974. The first-order valence-corrected chi connectivity index (χ1v) is 12.3. The van der Waals surface area contributed by atoms with Crippen LogP contribution < -0.4 is 15.4 Å². The summed E-state index contributed by atoms with van der Waals surface area (Å²) in [5.41, 5.74) is -0.226. The summed E-state index contributed by atoms with van der Waals surface area (Å²) >= 11 is 0. The van der Waals surface area contributed by atoms with Gasteiger partial charge in [-0.15, -0.1) is 0 Å². The predicted molar refractivity (Wildman–Crippen MR) is 143 cm³/mol. The Balaban J connectivity index is 3.36. The van der Waals surface area contributed by atoms with Crippen molar-refractivity contribution in [3.63, 3.8) is 0 Å². The van der Waals surface area contributed by atoms with Crippen LogP contribution >= 0.6 is 0 Å². The van der Waals surface area contributed by atoms with Gasteiger partial charge < -0.3 is 25.4 Å². The molecular weight excluding hydrogens is 458 g/mol. The lowest BCUT2D eigenvalue weighted by Gasteiger charge is -2.40. The molecule has 0 fully saturated rings. The molecule has 8 heteroatoms. The van der Waals surface area contributed by atoms with E-state index in [1.54, 1.807) is 27.3 Å². The van der Waals surface area contributed by atoms with E-state index in [1.165, 1.54) is 11.8 Å². The molecular formula is C28H45N3O5. The highest BCUT2D eigenvalue weighted by atomic mass is 16.5. The fraction of sp³-hybridized carbons (Fsp3) is 0.607. The first-order chi connectivity index (χ1) is 16.5. The first-order valence-electron chi connectivity index (χ1n) is 12.3. The third-order valence-corrected chi connectivity index (χ3v) is 6.71. The van der Waals surface area contributed by atoms with Crippen LogP contribution in [0.1, 0.15) is 61.0 Å². The Morgan fingerprint density at radius 3 is 2.06 bits per heavy atom. The topological polar surface area (TPSA) is 108 Å². The van der Waals surface area contributed by atoms with Crippen molar-refractivity contribution in [3.05, 3.63) is 41.5 Å². The van der Waals surface area contributed by atoms with E-state index in [1.807, 2.05) is 72.7 Å². The standard InChI is InChI=1S/C28H45N3O5/c1-17(2)20(16-18(3)26(34)35)31(10)25(33)23(27(4,5)6)30-24(32)22(29-9)28(7,8)19-14-12-13-15-21(19)36-11/h12-17,20,22-23,29H,1-11H3,(H,30,32)(H,34,35)/b18-16+/t20-,22-,23-/m1/s1. The van der Waals surface area contributed by atoms with Gasteiger partial charge in [-0.25, -0.2) is 4.79 Å². The smallest absolute Gasteiger partial charge is 0.331 e. The number of amides is 2. The van der Waals surface area contributed by atoms with Gasteiger partial charge in [-0.05, 0) is 31.4 Å². The maximum absolute atomic E-state index is 13.7. The summed E-state index contributed by atoms with van der Waals surface area (Å²) < 4.78 is 5.54. The number of nitrogens with one attached hydrogen (secondary N) is 2. The number of rotatable bonds is 11. The highest BCUT2D eigenvalue weighted by Crippen LogP contribution is 2.34. The van der Waals surface area contributed by atoms with E-state index >= 15 is 0 Å².